The van der Waals surface area contributed by atoms with Crippen molar-refractivity contribution in [2.24, 2.45) is 23.7 Å². The van der Waals surface area contributed by atoms with E-state index in [9.17, 15) is 4.79 Å². The molecule has 5 fully saturated rings. The van der Waals surface area contributed by atoms with Gasteiger partial charge in [0.05, 0.1) is 11.2 Å². The summed E-state index contributed by atoms with van der Waals surface area (Å²) < 4.78 is 7.01. The van der Waals surface area contributed by atoms with E-state index < -0.39 is 0 Å². The number of rotatable bonds is 4. The number of hydrogen-bond acceptors (Lipinski definition) is 2. The van der Waals surface area contributed by atoms with Crippen LogP contribution in [-0.4, -0.2) is 17.0 Å². The summed E-state index contributed by atoms with van der Waals surface area (Å²) in [5.41, 5.74) is 0.00102. The number of Topliss-reactive ketones (excluding diaryl/α,β-unsaturated/α-hetero) is 1. The molecule has 1 aliphatic heterocycles. The van der Waals surface area contributed by atoms with Gasteiger partial charge in [0, 0.05) is 12.8 Å². The van der Waals surface area contributed by atoms with Crippen molar-refractivity contribution in [1.29, 1.82) is 0 Å². The lowest BCUT2D eigenvalue weighted by molar-refractivity contribution is -0.223. The van der Waals surface area contributed by atoms with Crippen LogP contribution in [0.3, 0.4) is 0 Å². The van der Waals surface area contributed by atoms with Gasteiger partial charge in [-0.1, -0.05) is 0 Å². The van der Waals surface area contributed by atoms with E-state index in [1.807, 2.05) is 0 Å². The molecule has 0 spiro atoms. The molecule has 0 aromatic carbocycles. The summed E-state index contributed by atoms with van der Waals surface area (Å²) in [5, 5.41) is 0. The topological polar surface area (TPSA) is 26.3 Å². The highest BCUT2D eigenvalue weighted by Crippen LogP contribution is 2.65. The fraction of sp³-hybridized carbons (Fsp3) is 0.941. The van der Waals surface area contributed by atoms with E-state index in [1.165, 1.54) is 51.4 Å². The zero-order valence-corrected chi connectivity index (χ0v) is 11.7. The van der Waals surface area contributed by atoms with Crippen molar-refractivity contribution in [3.05, 3.63) is 0 Å². The minimum absolute atomic E-state index is 0.000509. The van der Waals surface area contributed by atoms with E-state index in [0.29, 0.717) is 5.78 Å². The van der Waals surface area contributed by atoms with Crippen LogP contribution < -0.4 is 0 Å². The summed E-state index contributed by atoms with van der Waals surface area (Å²) in [6.07, 6.45) is 12.0. The van der Waals surface area contributed by atoms with Crippen LogP contribution >= 0.6 is 0 Å². The van der Waals surface area contributed by atoms with E-state index in [0.717, 1.165) is 36.5 Å². The minimum Gasteiger partial charge on any atom is -0.366 e. The molecule has 0 radical (unpaired) electrons. The molecule has 19 heavy (non-hydrogen) atoms. The molecule has 5 aliphatic rings. The third-order valence-electron chi connectivity index (χ3n) is 6.40. The van der Waals surface area contributed by atoms with Crippen LogP contribution in [0.25, 0.3) is 0 Å². The highest BCUT2D eigenvalue weighted by Gasteiger charge is 2.67. The molecule has 0 aromatic heterocycles. The molecule has 0 bridgehead atoms. The summed E-state index contributed by atoms with van der Waals surface area (Å²) in [6.45, 7) is 0. The smallest absolute Gasteiger partial charge is 0.138 e. The summed E-state index contributed by atoms with van der Waals surface area (Å²) >= 11 is 0. The maximum atomic E-state index is 12.5. The van der Waals surface area contributed by atoms with Crippen molar-refractivity contribution in [2.75, 3.05) is 0 Å². The second-order valence-corrected chi connectivity index (χ2v) is 8.00. The second kappa shape index (κ2) is 3.44. The minimum atomic E-state index is 0.000509. The van der Waals surface area contributed by atoms with Crippen molar-refractivity contribution in [2.45, 2.75) is 75.4 Å². The number of ether oxygens (including phenoxy) is 1. The Morgan fingerprint density at radius 1 is 0.684 bits per heavy atom. The molecule has 0 aromatic rings. The normalized spacial score (nSPS) is 37.4. The molecule has 1 saturated heterocycles. The summed E-state index contributed by atoms with van der Waals surface area (Å²) in [6, 6.07) is 0. The average Bonchev–Trinajstić information content (AvgIpc) is 3.30. The van der Waals surface area contributed by atoms with Crippen molar-refractivity contribution >= 4 is 5.78 Å². The standard InChI is InChI=1S/C17H24O2/c18-15-9-16(11-1-2-11,12-3-4-12)19-17(10-15,13-5-6-13)14-7-8-14/h11-14H,1-10H2. The first kappa shape index (κ1) is 11.3. The van der Waals surface area contributed by atoms with Crippen molar-refractivity contribution in [1.82, 2.24) is 0 Å². The van der Waals surface area contributed by atoms with Crippen LogP contribution in [0.15, 0.2) is 0 Å². The van der Waals surface area contributed by atoms with Gasteiger partial charge >= 0.3 is 0 Å². The van der Waals surface area contributed by atoms with Gasteiger partial charge in [0.1, 0.15) is 5.78 Å². The van der Waals surface area contributed by atoms with Gasteiger partial charge in [-0.15, -0.1) is 0 Å². The molecular formula is C17H24O2. The van der Waals surface area contributed by atoms with E-state index in [4.69, 9.17) is 4.74 Å². The Kier molecular flexibility index (Phi) is 2.05. The maximum absolute atomic E-state index is 12.5. The zero-order chi connectivity index (χ0) is 12.7. The van der Waals surface area contributed by atoms with Crippen LogP contribution in [0.5, 0.6) is 0 Å². The van der Waals surface area contributed by atoms with Crippen molar-refractivity contribution in [3.8, 4) is 0 Å². The first-order valence-electron chi connectivity index (χ1n) is 8.45. The number of hydrogen-bond donors (Lipinski definition) is 0. The summed E-state index contributed by atoms with van der Waals surface area (Å²) in [4.78, 5) is 12.5. The number of carbonyl (C=O) groups excluding carboxylic acids is 1. The molecule has 4 aliphatic carbocycles. The van der Waals surface area contributed by atoms with E-state index in [2.05, 4.69) is 0 Å². The molecule has 0 atom stereocenters. The monoisotopic (exact) mass is 260 g/mol. The van der Waals surface area contributed by atoms with Gasteiger partial charge in [0.15, 0.2) is 0 Å². The molecule has 4 saturated carbocycles. The second-order valence-electron chi connectivity index (χ2n) is 8.00. The van der Waals surface area contributed by atoms with Gasteiger partial charge in [-0.05, 0) is 75.0 Å². The van der Waals surface area contributed by atoms with E-state index in [-0.39, 0.29) is 11.2 Å². The summed E-state index contributed by atoms with van der Waals surface area (Å²) in [5.74, 6) is 3.42. The largest absolute Gasteiger partial charge is 0.366 e. The van der Waals surface area contributed by atoms with Gasteiger partial charge in [0.25, 0.3) is 0 Å². The Morgan fingerprint density at radius 3 is 1.26 bits per heavy atom. The predicted molar refractivity (Wildman–Crippen MR) is 71.7 cm³/mol. The van der Waals surface area contributed by atoms with E-state index in [1.54, 1.807) is 0 Å². The van der Waals surface area contributed by atoms with Gasteiger partial charge < -0.3 is 4.74 Å². The fourth-order valence-electron chi connectivity index (χ4n) is 4.97. The summed E-state index contributed by atoms with van der Waals surface area (Å²) in [7, 11) is 0. The van der Waals surface area contributed by atoms with Crippen LogP contribution in [0.2, 0.25) is 0 Å². The van der Waals surface area contributed by atoms with Crippen LogP contribution in [0.1, 0.15) is 64.2 Å². The molecule has 5 rings (SSSR count). The number of ketones is 1. The SMILES string of the molecule is O=C1CC(C2CC2)(C2CC2)OC(C2CC2)(C2CC2)C1. The highest BCUT2D eigenvalue weighted by atomic mass is 16.5. The zero-order valence-electron chi connectivity index (χ0n) is 11.7. The third kappa shape index (κ3) is 1.62. The Hall–Kier alpha value is -0.370. The molecule has 2 heteroatoms. The Labute approximate surface area is 115 Å². The lowest BCUT2D eigenvalue weighted by Crippen LogP contribution is -2.56. The first-order chi connectivity index (χ1) is 9.23. The maximum Gasteiger partial charge on any atom is 0.138 e. The van der Waals surface area contributed by atoms with Gasteiger partial charge in [0.2, 0.25) is 0 Å². The molecular weight excluding hydrogens is 236 g/mol. The average molecular weight is 260 g/mol. The molecule has 2 nitrogen and oxygen atoms in total. The number of carbonyl (C=O) groups is 1. The van der Waals surface area contributed by atoms with Crippen molar-refractivity contribution < 1.29 is 9.53 Å². The Bertz CT molecular complexity index is 363. The molecule has 0 amide bonds. The molecule has 1 heterocycles. The van der Waals surface area contributed by atoms with Crippen LogP contribution in [0.4, 0.5) is 0 Å². The molecule has 0 N–H and O–H groups in total. The fourth-order valence-corrected chi connectivity index (χ4v) is 4.97. The first-order valence-corrected chi connectivity index (χ1v) is 8.45. The van der Waals surface area contributed by atoms with Crippen LogP contribution in [0, 0.1) is 23.7 Å². The third-order valence-corrected chi connectivity index (χ3v) is 6.40. The van der Waals surface area contributed by atoms with E-state index >= 15 is 0 Å². The molecule has 104 valence electrons. The van der Waals surface area contributed by atoms with Crippen molar-refractivity contribution in [3.63, 3.8) is 0 Å². The predicted octanol–water partition coefficient (Wildman–Crippen LogP) is 3.48. The van der Waals surface area contributed by atoms with Gasteiger partial charge in [-0.25, -0.2) is 0 Å². The lowest BCUT2D eigenvalue weighted by Gasteiger charge is -2.49. The quantitative estimate of drug-likeness (QED) is 0.773. The molecule has 0 unspecified atom stereocenters. The van der Waals surface area contributed by atoms with Gasteiger partial charge in [-0.2, -0.15) is 0 Å². The Balaban J connectivity index is 1.54. The lowest BCUT2D eigenvalue weighted by atomic mass is 9.75. The van der Waals surface area contributed by atoms with Gasteiger partial charge in [-0.3, -0.25) is 4.79 Å². The highest BCUT2D eigenvalue weighted by molar-refractivity contribution is 5.82. The van der Waals surface area contributed by atoms with Crippen LogP contribution in [-0.2, 0) is 9.53 Å². The Morgan fingerprint density at radius 2 is 1.00 bits per heavy atom.